The highest BCUT2D eigenvalue weighted by Gasteiger charge is 2.12. The standard InChI is InChI=1S/C20H17N3O3S/c1-11-8-18(23-19-13(11)4-3-5-17(19)26-2)27-10-16(24)12-6-7-14-15(9-12)22-20(25)21-14/h3-9H,10H2,1-2H3,(H2,21,22,25). The van der Waals surface area contributed by atoms with E-state index in [0.29, 0.717) is 22.3 Å². The van der Waals surface area contributed by atoms with Gasteiger partial charge in [0.2, 0.25) is 0 Å². The molecule has 0 fully saturated rings. The number of ketones is 1. The molecule has 0 atom stereocenters. The predicted octanol–water partition coefficient (Wildman–Crippen LogP) is 3.70. The molecule has 6 nitrogen and oxygen atoms in total. The van der Waals surface area contributed by atoms with Crippen LogP contribution in [0.3, 0.4) is 0 Å². The number of carbonyl (C=O) groups excluding carboxylic acids is 1. The van der Waals surface area contributed by atoms with E-state index in [-0.39, 0.29) is 17.2 Å². The zero-order chi connectivity index (χ0) is 19.0. The van der Waals surface area contributed by atoms with Crippen molar-refractivity contribution in [3.63, 3.8) is 0 Å². The summed E-state index contributed by atoms with van der Waals surface area (Å²) in [6.45, 7) is 2.02. The molecule has 0 aliphatic heterocycles. The van der Waals surface area contributed by atoms with Gasteiger partial charge in [-0.3, -0.25) is 4.79 Å². The zero-order valence-corrected chi connectivity index (χ0v) is 15.6. The van der Waals surface area contributed by atoms with Crippen LogP contribution in [0.5, 0.6) is 5.75 Å². The van der Waals surface area contributed by atoms with E-state index in [1.54, 1.807) is 25.3 Å². The molecule has 2 N–H and O–H groups in total. The van der Waals surface area contributed by atoms with E-state index in [0.717, 1.165) is 21.5 Å². The van der Waals surface area contributed by atoms with Crippen LogP contribution in [0.2, 0.25) is 0 Å². The lowest BCUT2D eigenvalue weighted by molar-refractivity contribution is 0.102. The predicted molar refractivity (Wildman–Crippen MR) is 107 cm³/mol. The van der Waals surface area contributed by atoms with Gasteiger partial charge in [-0.15, -0.1) is 0 Å². The van der Waals surface area contributed by atoms with Crippen molar-refractivity contribution in [2.45, 2.75) is 11.9 Å². The number of benzene rings is 2. The van der Waals surface area contributed by atoms with Gasteiger partial charge < -0.3 is 14.7 Å². The van der Waals surface area contributed by atoms with Crippen LogP contribution >= 0.6 is 11.8 Å². The SMILES string of the molecule is COc1cccc2c(C)cc(SCC(=O)c3ccc4[nH]c(=O)[nH]c4c3)nc12. The molecule has 0 aliphatic carbocycles. The van der Waals surface area contributed by atoms with Crippen LogP contribution in [0, 0.1) is 6.92 Å². The summed E-state index contributed by atoms with van der Waals surface area (Å²) in [4.78, 5) is 33.9. The van der Waals surface area contributed by atoms with Gasteiger partial charge in [0.1, 0.15) is 11.3 Å². The second kappa shape index (κ2) is 6.92. The molecule has 0 amide bonds. The van der Waals surface area contributed by atoms with Gasteiger partial charge in [-0.1, -0.05) is 23.9 Å². The van der Waals surface area contributed by atoms with Gasteiger partial charge >= 0.3 is 5.69 Å². The molecule has 27 heavy (non-hydrogen) atoms. The fraction of sp³-hybridized carbons (Fsp3) is 0.150. The first kappa shape index (κ1) is 17.4. The molecule has 4 rings (SSSR count). The lowest BCUT2D eigenvalue weighted by Crippen LogP contribution is -2.03. The van der Waals surface area contributed by atoms with Crippen molar-refractivity contribution < 1.29 is 9.53 Å². The Balaban J connectivity index is 1.58. The Kier molecular flexibility index (Phi) is 4.45. The fourth-order valence-corrected chi connectivity index (χ4v) is 3.89. The summed E-state index contributed by atoms with van der Waals surface area (Å²) in [6.07, 6.45) is 0. The Labute approximate surface area is 159 Å². The number of H-pyrrole nitrogens is 2. The molecule has 4 aromatic rings. The van der Waals surface area contributed by atoms with Crippen molar-refractivity contribution in [1.29, 1.82) is 0 Å². The van der Waals surface area contributed by atoms with Crippen LogP contribution in [0.25, 0.3) is 21.9 Å². The monoisotopic (exact) mass is 379 g/mol. The first-order valence-corrected chi connectivity index (χ1v) is 9.36. The number of aromatic amines is 2. The summed E-state index contributed by atoms with van der Waals surface area (Å²) >= 11 is 1.39. The second-order valence-electron chi connectivity index (χ2n) is 6.19. The number of carbonyl (C=O) groups is 1. The van der Waals surface area contributed by atoms with Crippen LogP contribution in [-0.4, -0.2) is 33.6 Å². The third kappa shape index (κ3) is 3.33. The molecule has 0 saturated heterocycles. The van der Waals surface area contributed by atoms with Crippen LogP contribution < -0.4 is 10.4 Å². The van der Waals surface area contributed by atoms with E-state index in [1.807, 2.05) is 31.2 Å². The Hall–Kier alpha value is -3.06. The first-order chi connectivity index (χ1) is 13.0. The average molecular weight is 379 g/mol. The molecular formula is C20H17N3O3S. The highest BCUT2D eigenvalue weighted by Crippen LogP contribution is 2.29. The van der Waals surface area contributed by atoms with E-state index in [4.69, 9.17) is 4.74 Å². The number of pyridine rings is 1. The van der Waals surface area contributed by atoms with Gasteiger partial charge in [0.05, 0.1) is 28.9 Å². The number of hydrogen-bond donors (Lipinski definition) is 2. The largest absolute Gasteiger partial charge is 0.494 e. The molecule has 2 aromatic heterocycles. The number of nitrogens with zero attached hydrogens (tertiary/aromatic N) is 1. The Morgan fingerprint density at radius 3 is 2.78 bits per heavy atom. The van der Waals surface area contributed by atoms with E-state index >= 15 is 0 Å². The number of para-hydroxylation sites is 1. The minimum Gasteiger partial charge on any atom is -0.494 e. The summed E-state index contributed by atoms with van der Waals surface area (Å²) in [5, 5.41) is 1.81. The molecule has 2 heterocycles. The Bertz CT molecular complexity index is 1230. The van der Waals surface area contributed by atoms with Crippen molar-refractivity contribution in [2.24, 2.45) is 0 Å². The first-order valence-electron chi connectivity index (χ1n) is 8.37. The van der Waals surface area contributed by atoms with Crippen LogP contribution in [0.15, 0.2) is 52.3 Å². The van der Waals surface area contributed by atoms with Crippen molar-refractivity contribution in [3.8, 4) is 5.75 Å². The smallest absolute Gasteiger partial charge is 0.323 e. The number of fused-ring (bicyclic) bond motifs is 2. The lowest BCUT2D eigenvalue weighted by Gasteiger charge is -2.09. The minimum atomic E-state index is -0.284. The molecule has 0 saturated carbocycles. The third-order valence-electron chi connectivity index (χ3n) is 4.39. The lowest BCUT2D eigenvalue weighted by atomic mass is 10.1. The zero-order valence-electron chi connectivity index (χ0n) is 14.8. The highest BCUT2D eigenvalue weighted by atomic mass is 32.2. The summed E-state index contributed by atoms with van der Waals surface area (Å²) in [7, 11) is 1.62. The van der Waals surface area contributed by atoms with Gasteiger partial charge in [-0.2, -0.15) is 0 Å². The molecule has 136 valence electrons. The maximum Gasteiger partial charge on any atom is 0.323 e. The maximum absolute atomic E-state index is 12.6. The van der Waals surface area contributed by atoms with Crippen molar-refractivity contribution in [3.05, 3.63) is 64.1 Å². The summed E-state index contributed by atoms with van der Waals surface area (Å²) in [5.41, 5.74) is 3.46. The van der Waals surface area contributed by atoms with E-state index < -0.39 is 0 Å². The second-order valence-corrected chi connectivity index (χ2v) is 7.18. The molecule has 0 bridgehead atoms. The summed E-state index contributed by atoms with van der Waals surface area (Å²) < 4.78 is 5.40. The Morgan fingerprint density at radius 2 is 1.96 bits per heavy atom. The van der Waals surface area contributed by atoms with Crippen molar-refractivity contribution in [1.82, 2.24) is 15.0 Å². The van der Waals surface area contributed by atoms with Crippen LogP contribution in [-0.2, 0) is 0 Å². The van der Waals surface area contributed by atoms with E-state index in [9.17, 15) is 9.59 Å². The average Bonchev–Trinajstić information content (AvgIpc) is 3.04. The number of imidazole rings is 1. The van der Waals surface area contributed by atoms with Gasteiger partial charge in [0.25, 0.3) is 0 Å². The molecule has 7 heteroatoms. The number of methoxy groups -OCH3 is 1. The molecular weight excluding hydrogens is 362 g/mol. The number of nitrogens with one attached hydrogen (secondary N) is 2. The third-order valence-corrected chi connectivity index (χ3v) is 5.31. The molecule has 0 radical (unpaired) electrons. The normalized spacial score (nSPS) is 11.2. The van der Waals surface area contributed by atoms with Crippen molar-refractivity contribution in [2.75, 3.05) is 12.9 Å². The van der Waals surface area contributed by atoms with Crippen molar-refractivity contribution >= 4 is 39.5 Å². The molecule has 0 unspecified atom stereocenters. The maximum atomic E-state index is 12.6. The number of hydrogen-bond acceptors (Lipinski definition) is 5. The molecule has 0 aliphatic rings. The van der Waals surface area contributed by atoms with Crippen LogP contribution in [0.1, 0.15) is 15.9 Å². The van der Waals surface area contributed by atoms with Gasteiger partial charge in [-0.25, -0.2) is 9.78 Å². The van der Waals surface area contributed by atoms with Gasteiger partial charge in [0.15, 0.2) is 5.78 Å². The minimum absolute atomic E-state index is 0.0245. The molecule has 2 aromatic carbocycles. The number of aryl methyl sites for hydroxylation is 1. The summed E-state index contributed by atoms with van der Waals surface area (Å²) in [6, 6.07) is 12.9. The highest BCUT2D eigenvalue weighted by molar-refractivity contribution is 7.99. The fourth-order valence-electron chi connectivity index (χ4n) is 3.03. The van der Waals surface area contributed by atoms with E-state index in [2.05, 4.69) is 15.0 Å². The molecule has 0 spiro atoms. The summed E-state index contributed by atoms with van der Waals surface area (Å²) in [5.74, 6) is 0.947. The number of aromatic nitrogens is 3. The number of rotatable bonds is 5. The van der Waals surface area contributed by atoms with Gasteiger partial charge in [0, 0.05) is 10.9 Å². The van der Waals surface area contributed by atoms with Gasteiger partial charge in [-0.05, 0) is 42.8 Å². The Morgan fingerprint density at radius 1 is 1.15 bits per heavy atom. The van der Waals surface area contributed by atoms with Crippen LogP contribution in [0.4, 0.5) is 0 Å². The number of ether oxygens (including phenoxy) is 1. The van der Waals surface area contributed by atoms with E-state index in [1.165, 1.54) is 11.8 Å². The topological polar surface area (TPSA) is 87.8 Å². The number of Topliss-reactive ketones (excluding diaryl/α,β-unsaturated/α-hetero) is 1. The quantitative estimate of drug-likeness (QED) is 0.408. The number of thioether (sulfide) groups is 1.